The summed E-state index contributed by atoms with van der Waals surface area (Å²) in [7, 11) is -3.49. The molecule has 1 N–H and O–H groups in total. The molecule has 0 spiro atoms. The zero-order valence-electron chi connectivity index (χ0n) is 14.4. The Kier molecular flexibility index (Phi) is 4.93. The second-order valence-electron chi connectivity index (χ2n) is 6.48. The molecule has 0 amide bonds. The van der Waals surface area contributed by atoms with E-state index < -0.39 is 10.0 Å². The summed E-state index contributed by atoms with van der Waals surface area (Å²) in [6.07, 6.45) is 6.22. The van der Waals surface area contributed by atoms with Crippen molar-refractivity contribution < 1.29 is 8.42 Å². The van der Waals surface area contributed by atoms with Gasteiger partial charge in [0.2, 0.25) is 10.0 Å². The van der Waals surface area contributed by atoms with Gasteiger partial charge in [0.05, 0.1) is 16.3 Å². The maximum Gasteiger partial charge on any atom is 0.240 e. The van der Waals surface area contributed by atoms with Crippen molar-refractivity contribution in [2.45, 2.75) is 37.1 Å². The largest absolute Gasteiger partial charge is 0.271 e. The number of benzene rings is 1. The normalized spacial score (nSPS) is 14.3. The molecule has 1 aromatic carbocycles. The first-order valence-corrected chi connectivity index (χ1v) is 11.2. The van der Waals surface area contributed by atoms with E-state index in [1.54, 1.807) is 22.1 Å². The zero-order valence-corrected chi connectivity index (χ0v) is 16.0. The summed E-state index contributed by atoms with van der Waals surface area (Å²) in [5.74, 6) is 0. The molecule has 2 aromatic heterocycles. The van der Waals surface area contributed by atoms with E-state index >= 15 is 0 Å². The fraction of sp³-hybridized carbons (Fsp3) is 0.316. The van der Waals surface area contributed by atoms with E-state index in [0.717, 1.165) is 29.8 Å². The highest BCUT2D eigenvalue weighted by atomic mass is 32.2. The third-order valence-electron chi connectivity index (χ3n) is 4.68. The van der Waals surface area contributed by atoms with Gasteiger partial charge in [-0.1, -0.05) is 12.1 Å². The molecule has 0 unspecified atom stereocenters. The van der Waals surface area contributed by atoms with Gasteiger partial charge in [0, 0.05) is 12.7 Å². The van der Waals surface area contributed by atoms with Crippen LogP contribution in [0.1, 0.15) is 24.0 Å². The fourth-order valence-electron chi connectivity index (χ4n) is 3.30. The maximum absolute atomic E-state index is 12.6. The predicted octanol–water partition coefficient (Wildman–Crippen LogP) is 3.47. The number of hydrogen-bond donors (Lipinski definition) is 1. The van der Waals surface area contributed by atoms with Crippen LogP contribution >= 0.6 is 11.3 Å². The summed E-state index contributed by atoms with van der Waals surface area (Å²) in [6.45, 7) is 0.806. The molecule has 0 atom stereocenters. The van der Waals surface area contributed by atoms with E-state index in [-0.39, 0.29) is 0 Å². The average molecular weight is 388 g/mol. The highest BCUT2D eigenvalue weighted by Gasteiger charge is 2.17. The quantitative estimate of drug-likeness (QED) is 0.704. The minimum Gasteiger partial charge on any atom is -0.271 e. The number of aryl methyl sites for hydroxylation is 2. The maximum atomic E-state index is 12.6. The zero-order chi connectivity index (χ0) is 18.0. The Bertz CT molecular complexity index is 992. The SMILES string of the molecule is O=S(=O)(NCCn1ccc(-c2cccs2)n1)c1ccc2c(c1)CCCC2. The van der Waals surface area contributed by atoms with Crippen LogP contribution in [0.3, 0.4) is 0 Å². The topological polar surface area (TPSA) is 64.0 Å². The van der Waals surface area contributed by atoms with Crippen molar-refractivity contribution in [3.63, 3.8) is 0 Å². The molecule has 26 heavy (non-hydrogen) atoms. The molecule has 0 saturated carbocycles. The molecule has 3 aromatic rings. The van der Waals surface area contributed by atoms with E-state index in [2.05, 4.69) is 9.82 Å². The van der Waals surface area contributed by atoms with E-state index in [1.807, 2.05) is 41.9 Å². The van der Waals surface area contributed by atoms with Crippen molar-refractivity contribution in [3.8, 4) is 10.6 Å². The molecule has 0 saturated heterocycles. The first-order valence-electron chi connectivity index (χ1n) is 8.81. The van der Waals surface area contributed by atoms with Crippen molar-refractivity contribution in [2.75, 3.05) is 6.54 Å². The molecular formula is C19H21N3O2S2. The highest BCUT2D eigenvalue weighted by Crippen LogP contribution is 2.24. The van der Waals surface area contributed by atoms with Gasteiger partial charge in [0.15, 0.2) is 0 Å². The first-order chi connectivity index (χ1) is 12.6. The van der Waals surface area contributed by atoms with Crippen LogP contribution in [-0.2, 0) is 29.4 Å². The van der Waals surface area contributed by atoms with Crippen molar-refractivity contribution in [1.82, 2.24) is 14.5 Å². The van der Waals surface area contributed by atoms with Gasteiger partial charge in [0.25, 0.3) is 0 Å². The van der Waals surface area contributed by atoms with Crippen LogP contribution in [0.2, 0.25) is 0 Å². The number of thiophene rings is 1. The molecule has 5 nitrogen and oxygen atoms in total. The smallest absolute Gasteiger partial charge is 0.240 e. The van der Waals surface area contributed by atoms with E-state index in [4.69, 9.17) is 0 Å². The molecule has 1 aliphatic carbocycles. The lowest BCUT2D eigenvalue weighted by Gasteiger charge is -2.16. The number of hydrogen-bond acceptors (Lipinski definition) is 4. The standard InChI is InChI=1S/C19H21N3O2S2/c23-26(24,17-8-7-15-4-1-2-5-16(15)14-17)20-10-12-22-11-9-18(21-22)19-6-3-13-25-19/h3,6-9,11,13-14,20H,1-2,4-5,10,12H2. The van der Waals surface area contributed by atoms with E-state index in [9.17, 15) is 8.42 Å². The number of sulfonamides is 1. The van der Waals surface area contributed by atoms with Gasteiger partial charge in [-0.2, -0.15) is 5.10 Å². The van der Waals surface area contributed by atoms with Crippen LogP contribution < -0.4 is 4.72 Å². The minimum atomic E-state index is -3.49. The Balaban J connectivity index is 1.39. The van der Waals surface area contributed by atoms with Crippen LogP contribution in [0, 0.1) is 0 Å². The number of fused-ring (bicyclic) bond motifs is 1. The number of nitrogens with zero attached hydrogens (tertiary/aromatic N) is 2. The third kappa shape index (κ3) is 3.75. The van der Waals surface area contributed by atoms with Gasteiger partial charge < -0.3 is 0 Å². The summed E-state index contributed by atoms with van der Waals surface area (Å²) in [4.78, 5) is 1.47. The monoisotopic (exact) mass is 387 g/mol. The van der Waals surface area contributed by atoms with E-state index in [1.165, 1.54) is 17.5 Å². The Morgan fingerprint density at radius 2 is 1.96 bits per heavy atom. The number of rotatable bonds is 6. The van der Waals surface area contributed by atoms with Crippen LogP contribution in [0.4, 0.5) is 0 Å². The van der Waals surface area contributed by atoms with Crippen LogP contribution in [-0.4, -0.2) is 24.7 Å². The lowest BCUT2D eigenvalue weighted by atomic mass is 9.92. The van der Waals surface area contributed by atoms with Gasteiger partial charge in [-0.05, 0) is 66.5 Å². The second kappa shape index (κ2) is 7.34. The Labute approximate surface area is 157 Å². The molecule has 0 radical (unpaired) electrons. The molecule has 136 valence electrons. The molecule has 4 rings (SSSR count). The van der Waals surface area contributed by atoms with Gasteiger partial charge in [-0.3, -0.25) is 4.68 Å². The van der Waals surface area contributed by atoms with Crippen molar-refractivity contribution >= 4 is 21.4 Å². The first kappa shape index (κ1) is 17.5. The Morgan fingerprint density at radius 1 is 1.12 bits per heavy atom. The molecule has 0 fully saturated rings. The number of aromatic nitrogens is 2. The van der Waals surface area contributed by atoms with Gasteiger partial charge in [0.1, 0.15) is 5.69 Å². The van der Waals surface area contributed by atoms with Gasteiger partial charge in [-0.25, -0.2) is 13.1 Å². The average Bonchev–Trinajstić information content (AvgIpc) is 3.32. The van der Waals surface area contributed by atoms with Crippen LogP contribution in [0.15, 0.2) is 52.9 Å². The second-order valence-corrected chi connectivity index (χ2v) is 9.19. The number of nitrogens with one attached hydrogen (secondary N) is 1. The van der Waals surface area contributed by atoms with E-state index in [0.29, 0.717) is 18.0 Å². The van der Waals surface area contributed by atoms with Crippen LogP contribution in [0.5, 0.6) is 0 Å². The van der Waals surface area contributed by atoms with Gasteiger partial charge in [-0.15, -0.1) is 11.3 Å². The highest BCUT2D eigenvalue weighted by molar-refractivity contribution is 7.89. The molecule has 0 bridgehead atoms. The molecule has 1 aliphatic rings. The summed E-state index contributed by atoms with van der Waals surface area (Å²) in [5.41, 5.74) is 3.37. The van der Waals surface area contributed by atoms with Crippen LogP contribution in [0.25, 0.3) is 10.6 Å². The van der Waals surface area contributed by atoms with Crippen molar-refractivity contribution in [3.05, 3.63) is 59.1 Å². The van der Waals surface area contributed by atoms with Gasteiger partial charge >= 0.3 is 0 Å². The summed E-state index contributed by atoms with van der Waals surface area (Å²) < 4.78 is 29.6. The molecule has 0 aliphatic heterocycles. The Hall–Kier alpha value is -1.96. The lowest BCUT2D eigenvalue weighted by Crippen LogP contribution is -2.27. The predicted molar refractivity (Wildman–Crippen MR) is 104 cm³/mol. The Morgan fingerprint density at radius 3 is 2.77 bits per heavy atom. The molecule has 2 heterocycles. The molecular weight excluding hydrogens is 366 g/mol. The summed E-state index contributed by atoms with van der Waals surface area (Å²) in [6, 6.07) is 11.5. The fourth-order valence-corrected chi connectivity index (χ4v) is 5.06. The summed E-state index contributed by atoms with van der Waals surface area (Å²) in [5, 5.41) is 6.51. The third-order valence-corrected chi connectivity index (χ3v) is 7.03. The molecule has 7 heteroatoms. The van der Waals surface area contributed by atoms with Crippen molar-refractivity contribution in [2.24, 2.45) is 0 Å². The van der Waals surface area contributed by atoms with Crippen molar-refractivity contribution in [1.29, 1.82) is 0 Å². The minimum absolute atomic E-state index is 0.310. The summed E-state index contributed by atoms with van der Waals surface area (Å²) >= 11 is 1.64. The lowest BCUT2D eigenvalue weighted by molar-refractivity contribution is 0.561.